The van der Waals surface area contributed by atoms with Crippen molar-refractivity contribution in [1.29, 1.82) is 0 Å². The highest BCUT2D eigenvalue weighted by Gasteiger charge is 2.44. The van der Waals surface area contributed by atoms with E-state index in [9.17, 15) is 4.79 Å². The Bertz CT molecular complexity index is 476. The minimum atomic E-state index is 0.0597. The Hall–Kier alpha value is -1.39. The number of nitrogens with zero attached hydrogens (tertiary/aromatic N) is 1. The van der Waals surface area contributed by atoms with Gasteiger partial charge in [-0.3, -0.25) is 4.79 Å². The van der Waals surface area contributed by atoms with Crippen LogP contribution in [0.2, 0.25) is 0 Å². The van der Waals surface area contributed by atoms with Crippen molar-refractivity contribution in [3.8, 4) is 0 Å². The zero-order valence-electron chi connectivity index (χ0n) is 12.5. The summed E-state index contributed by atoms with van der Waals surface area (Å²) in [6, 6.07) is 10.4. The summed E-state index contributed by atoms with van der Waals surface area (Å²) in [5, 5.41) is 0. The number of hydrogen-bond acceptors (Lipinski definition) is 3. The number of rotatable bonds is 4. The second-order valence-corrected chi connectivity index (χ2v) is 5.83. The maximum Gasteiger partial charge on any atom is 0.223 e. The van der Waals surface area contributed by atoms with Crippen LogP contribution in [0, 0.1) is 0 Å². The molecule has 1 aliphatic carbocycles. The molecule has 0 aromatic heterocycles. The zero-order chi connectivity index (χ0) is 14.7. The molecule has 2 fully saturated rings. The Labute approximate surface area is 126 Å². The van der Waals surface area contributed by atoms with Gasteiger partial charge in [0.2, 0.25) is 5.91 Å². The van der Waals surface area contributed by atoms with Crippen molar-refractivity contribution in [2.75, 3.05) is 20.3 Å². The minimum absolute atomic E-state index is 0.0597. The smallest absolute Gasteiger partial charge is 0.223 e. The monoisotopic (exact) mass is 289 g/mol. The molecule has 1 aromatic rings. The summed E-state index contributed by atoms with van der Waals surface area (Å²) in [6.07, 6.45) is 3.55. The molecule has 1 heterocycles. The summed E-state index contributed by atoms with van der Waals surface area (Å²) in [7, 11) is 1.73. The van der Waals surface area contributed by atoms with Gasteiger partial charge in [0.15, 0.2) is 0 Å². The molecule has 3 atom stereocenters. The van der Waals surface area contributed by atoms with E-state index in [-0.39, 0.29) is 24.2 Å². The number of amides is 1. The minimum Gasteiger partial charge on any atom is -0.379 e. The van der Waals surface area contributed by atoms with Crippen molar-refractivity contribution < 1.29 is 14.3 Å². The van der Waals surface area contributed by atoms with Gasteiger partial charge in [-0.05, 0) is 24.8 Å². The number of carbonyl (C=O) groups is 1. The Kier molecular flexibility index (Phi) is 4.56. The van der Waals surface area contributed by atoms with Gasteiger partial charge in [-0.15, -0.1) is 0 Å². The second kappa shape index (κ2) is 6.58. The molecule has 0 N–H and O–H groups in total. The fourth-order valence-electron chi connectivity index (χ4n) is 3.52. The Balaban J connectivity index is 1.59. The van der Waals surface area contributed by atoms with Gasteiger partial charge in [0.05, 0.1) is 18.8 Å². The number of ether oxygens (including phenoxy) is 2. The lowest BCUT2D eigenvalue weighted by molar-refractivity contribution is -0.149. The van der Waals surface area contributed by atoms with E-state index in [1.165, 1.54) is 5.56 Å². The molecule has 3 rings (SSSR count). The molecule has 1 saturated carbocycles. The third kappa shape index (κ3) is 3.11. The number of morpholine rings is 1. The first-order valence-corrected chi connectivity index (χ1v) is 7.77. The second-order valence-electron chi connectivity index (χ2n) is 5.83. The first-order chi connectivity index (χ1) is 10.3. The lowest BCUT2D eigenvalue weighted by atomic mass is 10.1. The van der Waals surface area contributed by atoms with E-state index in [1.807, 2.05) is 23.1 Å². The summed E-state index contributed by atoms with van der Waals surface area (Å²) >= 11 is 0. The maximum atomic E-state index is 12.5. The SMILES string of the molecule is CO[C@@H]1CC[C@H]2[C@H]1OCCN2C(=O)CCc1ccccc1. The van der Waals surface area contributed by atoms with Gasteiger partial charge >= 0.3 is 0 Å². The third-order valence-electron chi connectivity index (χ3n) is 4.63. The van der Waals surface area contributed by atoms with E-state index >= 15 is 0 Å². The summed E-state index contributed by atoms with van der Waals surface area (Å²) in [5.41, 5.74) is 1.22. The first-order valence-electron chi connectivity index (χ1n) is 7.77. The van der Waals surface area contributed by atoms with Crippen LogP contribution >= 0.6 is 0 Å². The molecule has 4 heteroatoms. The van der Waals surface area contributed by atoms with Crippen LogP contribution in [-0.4, -0.2) is 49.3 Å². The zero-order valence-corrected chi connectivity index (χ0v) is 12.5. The van der Waals surface area contributed by atoms with Crippen LogP contribution in [0.15, 0.2) is 30.3 Å². The van der Waals surface area contributed by atoms with Crippen molar-refractivity contribution >= 4 is 5.91 Å². The van der Waals surface area contributed by atoms with Gasteiger partial charge in [-0.25, -0.2) is 0 Å². The standard InChI is InChI=1S/C17H23NO3/c1-20-15-9-8-14-17(15)21-12-11-18(14)16(19)10-7-13-5-3-2-4-6-13/h2-6,14-15,17H,7-12H2,1H3/t14-,15+,17+/m0/s1. The molecule has 0 unspecified atom stereocenters. The van der Waals surface area contributed by atoms with Crippen LogP contribution in [0.5, 0.6) is 0 Å². The van der Waals surface area contributed by atoms with Gasteiger partial charge in [-0.1, -0.05) is 30.3 Å². The molecule has 0 radical (unpaired) electrons. The Morgan fingerprint density at radius 2 is 2.14 bits per heavy atom. The predicted molar refractivity (Wildman–Crippen MR) is 80.0 cm³/mol. The van der Waals surface area contributed by atoms with E-state index in [0.717, 1.165) is 19.3 Å². The molecule has 21 heavy (non-hydrogen) atoms. The van der Waals surface area contributed by atoms with E-state index in [2.05, 4.69) is 12.1 Å². The number of aryl methyl sites for hydroxylation is 1. The number of hydrogen-bond donors (Lipinski definition) is 0. The topological polar surface area (TPSA) is 38.8 Å². The van der Waals surface area contributed by atoms with Crippen LogP contribution in [0.1, 0.15) is 24.8 Å². The number of fused-ring (bicyclic) bond motifs is 1. The Morgan fingerprint density at radius 3 is 2.90 bits per heavy atom. The number of methoxy groups -OCH3 is 1. The summed E-state index contributed by atoms with van der Waals surface area (Å²) in [6.45, 7) is 1.34. The molecule has 1 aromatic carbocycles. The highest BCUT2D eigenvalue weighted by Crippen LogP contribution is 2.32. The molecule has 0 bridgehead atoms. The maximum absolute atomic E-state index is 12.5. The van der Waals surface area contributed by atoms with Crippen LogP contribution in [-0.2, 0) is 20.7 Å². The van der Waals surface area contributed by atoms with Crippen LogP contribution in [0.25, 0.3) is 0 Å². The molecular formula is C17H23NO3. The number of benzene rings is 1. The molecule has 4 nitrogen and oxygen atoms in total. The first kappa shape index (κ1) is 14.5. The van der Waals surface area contributed by atoms with E-state index in [0.29, 0.717) is 19.6 Å². The van der Waals surface area contributed by atoms with E-state index in [1.54, 1.807) is 7.11 Å². The van der Waals surface area contributed by atoms with Crippen LogP contribution < -0.4 is 0 Å². The van der Waals surface area contributed by atoms with E-state index in [4.69, 9.17) is 9.47 Å². The number of carbonyl (C=O) groups excluding carboxylic acids is 1. The van der Waals surface area contributed by atoms with Gasteiger partial charge < -0.3 is 14.4 Å². The quantitative estimate of drug-likeness (QED) is 0.851. The lowest BCUT2D eigenvalue weighted by Crippen LogP contribution is -2.53. The van der Waals surface area contributed by atoms with Crippen LogP contribution in [0.3, 0.4) is 0 Å². The average Bonchev–Trinajstić information content (AvgIpc) is 2.96. The molecule has 114 valence electrons. The summed E-state index contributed by atoms with van der Waals surface area (Å²) in [5.74, 6) is 0.244. The molecule has 0 spiro atoms. The molecule has 1 aliphatic heterocycles. The highest BCUT2D eigenvalue weighted by molar-refractivity contribution is 5.77. The molecule has 1 saturated heterocycles. The fraction of sp³-hybridized carbons (Fsp3) is 0.588. The van der Waals surface area contributed by atoms with Crippen molar-refractivity contribution in [3.63, 3.8) is 0 Å². The van der Waals surface area contributed by atoms with Gasteiger partial charge in [0.1, 0.15) is 6.10 Å². The van der Waals surface area contributed by atoms with Crippen molar-refractivity contribution in [3.05, 3.63) is 35.9 Å². The molecule has 1 amide bonds. The fourth-order valence-corrected chi connectivity index (χ4v) is 3.52. The van der Waals surface area contributed by atoms with Gasteiger partial charge in [0.25, 0.3) is 0 Å². The van der Waals surface area contributed by atoms with Crippen LogP contribution in [0.4, 0.5) is 0 Å². The predicted octanol–water partition coefficient (Wildman–Crippen LogP) is 2.02. The highest BCUT2D eigenvalue weighted by atomic mass is 16.5. The average molecular weight is 289 g/mol. The van der Waals surface area contributed by atoms with Crippen molar-refractivity contribution in [2.45, 2.75) is 43.9 Å². The summed E-state index contributed by atoms with van der Waals surface area (Å²) in [4.78, 5) is 14.6. The normalized spacial score (nSPS) is 28.4. The van der Waals surface area contributed by atoms with Crippen molar-refractivity contribution in [1.82, 2.24) is 4.90 Å². The van der Waals surface area contributed by atoms with Gasteiger partial charge in [0, 0.05) is 20.1 Å². The van der Waals surface area contributed by atoms with Crippen molar-refractivity contribution in [2.24, 2.45) is 0 Å². The molecule has 2 aliphatic rings. The van der Waals surface area contributed by atoms with Gasteiger partial charge in [-0.2, -0.15) is 0 Å². The molecular weight excluding hydrogens is 266 g/mol. The van der Waals surface area contributed by atoms with E-state index < -0.39 is 0 Å². The lowest BCUT2D eigenvalue weighted by Gasteiger charge is -2.39. The third-order valence-corrected chi connectivity index (χ3v) is 4.63. The largest absolute Gasteiger partial charge is 0.379 e. The Morgan fingerprint density at radius 1 is 1.33 bits per heavy atom. The summed E-state index contributed by atoms with van der Waals surface area (Å²) < 4.78 is 11.3.